The van der Waals surface area contributed by atoms with E-state index in [1.54, 1.807) is 14.2 Å². The fourth-order valence-corrected chi connectivity index (χ4v) is 3.23. The van der Waals surface area contributed by atoms with E-state index in [2.05, 4.69) is 40.1 Å². The van der Waals surface area contributed by atoms with E-state index in [9.17, 15) is 0 Å². The molecule has 0 aliphatic heterocycles. The molecule has 2 aromatic rings. The van der Waals surface area contributed by atoms with Crippen LogP contribution in [0.1, 0.15) is 30.4 Å². The third-order valence-corrected chi connectivity index (χ3v) is 4.57. The van der Waals surface area contributed by atoms with Gasteiger partial charge in [-0.05, 0) is 55.6 Å². The molecule has 0 amide bonds. The monoisotopic (exact) mass is 369 g/mol. The van der Waals surface area contributed by atoms with Gasteiger partial charge < -0.3 is 14.8 Å². The zero-order valence-electron chi connectivity index (χ0n) is 15.0. The Hall–Kier alpha value is -2.60. The third kappa shape index (κ3) is 4.32. The van der Waals surface area contributed by atoms with Crippen molar-refractivity contribution in [2.75, 3.05) is 19.5 Å². The van der Waals surface area contributed by atoms with Gasteiger partial charge in [0.25, 0.3) is 0 Å². The minimum Gasteiger partial charge on any atom is -0.493 e. The van der Waals surface area contributed by atoms with Gasteiger partial charge in [0.15, 0.2) is 16.6 Å². The van der Waals surface area contributed by atoms with E-state index < -0.39 is 0 Å². The summed E-state index contributed by atoms with van der Waals surface area (Å²) in [7, 11) is 3.21. The molecule has 6 heteroatoms. The highest BCUT2D eigenvalue weighted by atomic mass is 32.1. The van der Waals surface area contributed by atoms with Gasteiger partial charge in [-0.15, -0.1) is 0 Å². The molecule has 0 fully saturated rings. The summed E-state index contributed by atoms with van der Waals surface area (Å²) in [6.45, 7) is 0. The van der Waals surface area contributed by atoms with Gasteiger partial charge in [-0.3, -0.25) is 5.43 Å². The molecule has 1 aliphatic rings. The smallest absolute Gasteiger partial charge is 0.191 e. The molecular formula is C20H23N3O2S. The Kier molecular flexibility index (Phi) is 6.07. The molecule has 0 unspecified atom stereocenters. The molecule has 2 aromatic carbocycles. The van der Waals surface area contributed by atoms with Crippen LogP contribution in [0.3, 0.4) is 0 Å². The number of ether oxygens (including phenoxy) is 2. The Morgan fingerprint density at radius 1 is 1.00 bits per heavy atom. The molecule has 5 nitrogen and oxygen atoms in total. The van der Waals surface area contributed by atoms with Crippen LogP contribution < -0.4 is 20.2 Å². The Morgan fingerprint density at radius 3 is 2.58 bits per heavy atom. The van der Waals surface area contributed by atoms with Crippen LogP contribution in [-0.4, -0.2) is 25.0 Å². The number of nitrogens with one attached hydrogen (secondary N) is 2. The number of hydrazone groups is 1. The summed E-state index contributed by atoms with van der Waals surface area (Å²) < 4.78 is 10.6. The zero-order valence-corrected chi connectivity index (χ0v) is 15.9. The van der Waals surface area contributed by atoms with Gasteiger partial charge in [0.05, 0.1) is 19.9 Å². The Balaban J connectivity index is 1.70. The van der Waals surface area contributed by atoms with E-state index in [0.717, 1.165) is 30.7 Å². The second-order valence-corrected chi connectivity index (χ2v) is 6.47. The van der Waals surface area contributed by atoms with Crippen LogP contribution in [0.4, 0.5) is 5.69 Å². The number of methoxy groups -OCH3 is 2. The van der Waals surface area contributed by atoms with Crippen molar-refractivity contribution in [1.29, 1.82) is 0 Å². The third-order valence-electron chi connectivity index (χ3n) is 4.37. The summed E-state index contributed by atoms with van der Waals surface area (Å²) >= 11 is 5.38. The van der Waals surface area contributed by atoms with E-state index in [-0.39, 0.29) is 0 Å². The lowest BCUT2D eigenvalue weighted by molar-refractivity contribution is 0.355. The molecular weight excluding hydrogens is 346 g/mol. The number of nitrogens with zero attached hydrogens (tertiary/aromatic N) is 1. The summed E-state index contributed by atoms with van der Waals surface area (Å²) in [4.78, 5) is 0. The minimum atomic E-state index is 0.437. The lowest BCUT2D eigenvalue weighted by Crippen LogP contribution is -2.25. The molecule has 2 N–H and O–H groups in total. The van der Waals surface area contributed by atoms with Crippen LogP contribution in [-0.2, 0) is 6.42 Å². The average molecular weight is 369 g/mol. The maximum absolute atomic E-state index is 5.38. The van der Waals surface area contributed by atoms with E-state index in [1.165, 1.54) is 17.5 Å². The molecule has 136 valence electrons. The van der Waals surface area contributed by atoms with Crippen molar-refractivity contribution in [1.82, 2.24) is 5.43 Å². The van der Waals surface area contributed by atoms with Crippen LogP contribution in [0.25, 0.3) is 0 Å². The lowest BCUT2D eigenvalue weighted by atomic mass is 10.0. The van der Waals surface area contributed by atoms with Gasteiger partial charge in [-0.1, -0.05) is 24.3 Å². The molecule has 3 rings (SSSR count). The molecule has 0 spiro atoms. The van der Waals surface area contributed by atoms with Crippen LogP contribution >= 0.6 is 12.2 Å². The fraction of sp³-hybridized carbons (Fsp3) is 0.300. The molecule has 0 aromatic heterocycles. The number of thiocarbonyl (C=S) groups is 1. The summed E-state index contributed by atoms with van der Waals surface area (Å²) in [5.74, 6) is 1.32. The summed E-state index contributed by atoms with van der Waals surface area (Å²) in [5.41, 5.74) is 7.39. The van der Waals surface area contributed by atoms with Crippen molar-refractivity contribution in [2.24, 2.45) is 5.10 Å². The standard InChI is InChI=1S/C20H23N3O2S/c1-24-18-12-11-15(13-19(18)25-2)21-20(26)23-22-17-10-6-4-8-14-7-3-5-9-16(14)17/h3,5,7,9,11-13H,4,6,8,10H2,1-2H3,(H2,21,23,26)/b22-17+. The van der Waals surface area contributed by atoms with Crippen LogP contribution in [0.5, 0.6) is 11.5 Å². The summed E-state index contributed by atoms with van der Waals surface area (Å²) in [6, 6.07) is 14.0. The van der Waals surface area contributed by atoms with Gasteiger partial charge in [0.2, 0.25) is 0 Å². The quantitative estimate of drug-likeness (QED) is 0.482. The van der Waals surface area contributed by atoms with E-state index in [0.29, 0.717) is 16.6 Å². The van der Waals surface area contributed by atoms with E-state index >= 15 is 0 Å². The van der Waals surface area contributed by atoms with Crippen LogP contribution in [0, 0.1) is 0 Å². The van der Waals surface area contributed by atoms with Gasteiger partial charge >= 0.3 is 0 Å². The molecule has 0 saturated heterocycles. The van der Waals surface area contributed by atoms with Gasteiger partial charge in [0.1, 0.15) is 0 Å². The first-order valence-corrected chi connectivity index (χ1v) is 9.06. The minimum absolute atomic E-state index is 0.437. The van der Waals surface area contributed by atoms with Crippen molar-refractivity contribution in [3.8, 4) is 11.5 Å². The number of rotatable bonds is 4. The Bertz CT molecular complexity index is 820. The highest BCUT2D eigenvalue weighted by molar-refractivity contribution is 7.80. The number of benzene rings is 2. The first kappa shape index (κ1) is 18.2. The van der Waals surface area contributed by atoms with Crippen molar-refractivity contribution in [3.05, 3.63) is 53.6 Å². The number of anilines is 1. The lowest BCUT2D eigenvalue weighted by Gasteiger charge is -2.12. The maximum atomic E-state index is 5.38. The van der Waals surface area contributed by atoms with Crippen molar-refractivity contribution >= 4 is 28.7 Å². The largest absolute Gasteiger partial charge is 0.493 e. The molecule has 0 bridgehead atoms. The van der Waals surface area contributed by atoms with Crippen LogP contribution in [0.2, 0.25) is 0 Å². The van der Waals surface area contributed by atoms with Crippen molar-refractivity contribution in [2.45, 2.75) is 25.7 Å². The van der Waals surface area contributed by atoms with Gasteiger partial charge in [-0.2, -0.15) is 5.10 Å². The predicted octanol–water partition coefficient (Wildman–Crippen LogP) is 4.12. The van der Waals surface area contributed by atoms with Gasteiger partial charge in [0, 0.05) is 17.3 Å². The number of hydrogen-bond donors (Lipinski definition) is 2. The van der Waals surface area contributed by atoms with Crippen molar-refractivity contribution < 1.29 is 9.47 Å². The summed E-state index contributed by atoms with van der Waals surface area (Å²) in [6.07, 6.45) is 4.36. The molecule has 26 heavy (non-hydrogen) atoms. The second kappa shape index (κ2) is 8.67. The first-order chi connectivity index (χ1) is 12.7. The highest BCUT2D eigenvalue weighted by Gasteiger charge is 2.13. The maximum Gasteiger partial charge on any atom is 0.191 e. The molecule has 0 saturated carbocycles. The molecule has 0 radical (unpaired) electrons. The zero-order chi connectivity index (χ0) is 18.4. The van der Waals surface area contributed by atoms with Crippen molar-refractivity contribution in [3.63, 3.8) is 0 Å². The number of fused-ring (bicyclic) bond motifs is 1. The number of aryl methyl sites for hydroxylation is 1. The highest BCUT2D eigenvalue weighted by Crippen LogP contribution is 2.29. The second-order valence-electron chi connectivity index (χ2n) is 6.06. The Labute approximate surface area is 159 Å². The molecule has 1 aliphatic carbocycles. The fourth-order valence-electron chi connectivity index (χ4n) is 3.07. The molecule has 0 heterocycles. The predicted molar refractivity (Wildman–Crippen MR) is 109 cm³/mol. The average Bonchev–Trinajstić information content (AvgIpc) is 2.88. The SMILES string of the molecule is COc1ccc(NC(=S)N/N=C2\CCCCc3ccccc32)cc1OC. The first-order valence-electron chi connectivity index (χ1n) is 8.65. The Morgan fingerprint density at radius 2 is 1.77 bits per heavy atom. The topological polar surface area (TPSA) is 54.9 Å². The van der Waals surface area contributed by atoms with Gasteiger partial charge in [-0.25, -0.2) is 0 Å². The van der Waals surface area contributed by atoms with Crippen LogP contribution in [0.15, 0.2) is 47.6 Å². The van der Waals surface area contributed by atoms with E-state index in [4.69, 9.17) is 21.7 Å². The van der Waals surface area contributed by atoms with E-state index in [1.807, 2.05) is 18.2 Å². The number of hydrogen-bond acceptors (Lipinski definition) is 4. The summed E-state index contributed by atoms with van der Waals surface area (Å²) in [5, 5.41) is 8.13. The molecule has 0 atom stereocenters. The normalized spacial score (nSPS) is 14.9.